The second-order valence-electron chi connectivity index (χ2n) is 11.2. The molecule has 0 unspecified atom stereocenters. The van der Waals surface area contributed by atoms with Gasteiger partial charge in [-0.3, -0.25) is 19.8 Å². The normalized spacial score (nSPS) is 11.0. The van der Waals surface area contributed by atoms with Gasteiger partial charge in [-0.15, -0.1) is 0 Å². The zero-order chi connectivity index (χ0) is 32.8. The van der Waals surface area contributed by atoms with Crippen LogP contribution in [0.1, 0.15) is 59.5 Å². The lowest BCUT2D eigenvalue weighted by Crippen LogP contribution is -2.34. The van der Waals surface area contributed by atoms with E-state index in [1.54, 1.807) is 64.7 Å². The van der Waals surface area contributed by atoms with Crippen molar-refractivity contribution in [3.8, 4) is 21.1 Å². The van der Waals surface area contributed by atoms with Gasteiger partial charge in [-0.25, -0.2) is 24.4 Å². The van der Waals surface area contributed by atoms with Crippen LogP contribution in [0.2, 0.25) is 0 Å². The molecule has 0 fully saturated rings. The van der Waals surface area contributed by atoms with Crippen LogP contribution in [-0.2, 0) is 9.47 Å². The Morgan fingerprint density at radius 3 is 1.60 bits per heavy atom. The Hall–Kier alpha value is -3.70. The standard InChI is InChI=1S/C15H17N3O4S.C14H16IN3O2S.CH4/c1-15(2,3)22-14(21)18(4)12-10(13(19)20)17-11(23-12)9-6-5-7-16-8-9;1-14(2,3)20-13(19)18(4)12-10(15)17-11(21-12)9-6-5-7-16-8-9;/h5-8H,1-4H3,(H,19,20);5-8H,1-4H3;1H4. The van der Waals surface area contributed by atoms with Gasteiger partial charge in [0, 0.05) is 50.0 Å². The van der Waals surface area contributed by atoms with Crippen molar-refractivity contribution in [1.82, 2.24) is 19.9 Å². The first kappa shape index (κ1) is 37.5. The molecule has 242 valence electrons. The van der Waals surface area contributed by atoms with E-state index in [1.807, 2.05) is 32.9 Å². The highest BCUT2D eigenvalue weighted by atomic mass is 127. The molecule has 15 heteroatoms. The highest BCUT2D eigenvalue weighted by Crippen LogP contribution is 2.36. The van der Waals surface area contributed by atoms with E-state index >= 15 is 0 Å². The number of amides is 2. The summed E-state index contributed by atoms with van der Waals surface area (Å²) < 4.78 is 11.4. The van der Waals surface area contributed by atoms with Crippen molar-refractivity contribution in [2.24, 2.45) is 0 Å². The van der Waals surface area contributed by atoms with Crippen molar-refractivity contribution in [3.05, 3.63) is 58.4 Å². The number of carboxylic acid groups (broad SMARTS) is 1. The van der Waals surface area contributed by atoms with Crippen molar-refractivity contribution < 1.29 is 29.0 Å². The average Bonchev–Trinajstić information content (AvgIpc) is 3.56. The number of carbonyl (C=O) groups excluding carboxylic acids is 2. The molecule has 2 amide bonds. The van der Waals surface area contributed by atoms with Crippen molar-refractivity contribution in [1.29, 1.82) is 0 Å². The van der Waals surface area contributed by atoms with Crippen LogP contribution in [0.25, 0.3) is 21.1 Å². The van der Waals surface area contributed by atoms with E-state index in [0.717, 1.165) is 35.5 Å². The first-order valence-corrected chi connectivity index (χ1v) is 15.8. The third-order valence-electron chi connectivity index (χ3n) is 5.14. The molecule has 0 radical (unpaired) electrons. The smallest absolute Gasteiger partial charge is 0.415 e. The van der Waals surface area contributed by atoms with Gasteiger partial charge in [-0.1, -0.05) is 30.1 Å². The molecule has 45 heavy (non-hydrogen) atoms. The van der Waals surface area contributed by atoms with Crippen LogP contribution >= 0.6 is 45.3 Å². The van der Waals surface area contributed by atoms with Crippen LogP contribution in [0.3, 0.4) is 0 Å². The molecule has 4 rings (SSSR count). The summed E-state index contributed by atoms with van der Waals surface area (Å²) in [5, 5.41) is 11.6. The Kier molecular flexibility index (Phi) is 12.9. The molecule has 0 aliphatic carbocycles. The van der Waals surface area contributed by atoms with Crippen LogP contribution in [0.5, 0.6) is 0 Å². The summed E-state index contributed by atoms with van der Waals surface area (Å²) in [6, 6.07) is 7.31. The molecule has 0 bridgehead atoms. The van der Waals surface area contributed by atoms with E-state index in [9.17, 15) is 19.5 Å². The Balaban J connectivity index is 0.000000308. The summed E-state index contributed by atoms with van der Waals surface area (Å²) in [5.41, 5.74) is 0.231. The minimum absolute atomic E-state index is 0. The maximum Gasteiger partial charge on any atom is 0.415 e. The number of hydrogen-bond acceptors (Lipinski definition) is 11. The molecule has 0 saturated carbocycles. The lowest BCUT2D eigenvalue weighted by atomic mass is 10.2. The topological polar surface area (TPSA) is 148 Å². The van der Waals surface area contributed by atoms with Crippen LogP contribution in [0.4, 0.5) is 19.6 Å². The van der Waals surface area contributed by atoms with Gasteiger partial charge < -0.3 is 14.6 Å². The van der Waals surface area contributed by atoms with Crippen LogP contribution in [0.15, 0.2) is 49.1 Å². The third-order valence-corrected chi connectivity index (χ3v) is 8.62. The quantitative estimate of drug-likeness (QED) is 0.198. The fourth-order valence-corrected chi connectivity index (χ4v) is 6.23. The number of pyridine rings is 2. The van der Waals surface area contributed by atoms with Gasteiger partial charge in [0.1, 0.15) is 34.9 Å². The monoisotopic (exact) mass is 768 g/mol. The van der Waals surface area contributed by atoms with E-state index in [0.29, 0.717) is 10.6 Å². The van der Waals surface area contributed by atoms with Gasteiger partial charge in [0.25, 0.3) is 0 Å². The first-order chi connectivity index (χ1) is 20.5. The van der Waals surface area contributed by atoms with Crippen LogP contribution < -0.4 is 9.80 Å². The Bertz CT molecular complexity index is 1600. The molecule has 0 saturated heterocycles. The maximum atomic E-state index is 12.2. The number of halogens is 1. The van der Waals surface area contributed by atoms with E-state index in [1.165, 1.54) is 23.3 Å². The predicted octanol–water partition coefficient (Wildman–Crippen LogP) is 8.09. The van der Waals surface area contributed by atoms with E-state index in [2.05, 4.69) is 42.5 Å². The first-order valence-electron chi connectivity index (χ1n) is 13.1. The number of ether oxygens (including phenoxy) is 2. The molecule has 0 aliphatic heterocycles. The fraction of sp³-hybridized carbons (Fsp3) is 0.367. The van der Waals surface area contributed by atoms with E-state index in [4.69, 9.17) is 9.47 Å². The molecule has 12 nitrogen and oxygen atoms in total. The second kappa shape index (κ2) is 15.5. The number of nitrogens with zero attached hydrogens (tertiary/aromatic N) is 6. The van der Waals surface area contributed by atoms with E-state index < -0.39 is 23.3 Å². The number of anilines is 2. The van der Waals surface area contributed by atoms with E-state index in [-0.39, 0.29) is 24.2 Å². The van der Waals surface area contributed by atoms with Crippen molar-refractivity contribution in [2.75, 3.05) is 23.9 Å². The number of thiazole rings is 2. The molecule has 0 aliphatic rings. The van der Waals surface area contributed by atoms with Crippen molar-refractivity contribution in [3.63, 3.8) is 0 Å². The summed E-state index contributed by atoms with van der Waals surface area (Å²) >= 11 is 4.66. The lowest BCUT2D eigenvalue weighted by Gasteiger charge is -2.23. The second-order valence-corrected chi connectivity index (χ2v) is 14.1. The minimum atomic E-state index is -1.21. The largest absolute Gasteiger partial charge is 0.476 e. The fourth-order valence-electron chi connectivity index (χ4n) is 3.23. The Labute approximate surface area is 284 Å². The molecule has 4 aromatic rings. The molecule has 0 aromatic carbocycles. The molecular formula is C30H37IN6O6S2. The summed E-state index contributed by atoms with van der Waals surface area (Å²) in [7, 11) is 3.15. The summed E-state index contributed by atoms with van der Waals surface area (Å²) in [6.07, 6.45) is 5.65. The van der Waals surface area contributed by atoms with Gasteiger partial charge in [0.2, 0.25) is 0 Å². The number of aromatic carboxylic acids is 1. The highest BCUT2D eigenvalue weighted by molar-refractivity contribution is 14.1. The molecule has 4 aromatic heterocycles. The van der Waals surface area contributed by atoms with Crippen LogP contribution in [0, 0.1) is 3.70 Å². The molecule has 0 atom stereocenters. The molecule has 1 N–H and O–H groups in total. The Morgan fingerprint density at radius 1 is 0.778 bits per heavy atom. The van der Waals surface area contributed by atoms with Gasteiger partial charge >= 0.3 is 18.2 Å². The number of aromatic nitrogens is 4. The zero-order valence-electron chi connectivity index (χ0n) is 25.5. The van der Waals surface area contributed by atoms with Crippen LogP contribution in [-0.4, -0.2) is 68.5 Å². The number of carbonyl (C=O) groups is 3. The molecular weight excluding hydrogens is 731 g/mol. The number of rotatable bonds is 5. The predicted molar refractivity (Wildman–Crippen MR) is 186 cm³/mol. The molecule has 4 heterocycles. The van der Waals surface area contributed by atoms with Gasteiger partial charge in [0.15, 0.2) is 5.69 Å². The summed E-state index contributed by atoms with van der Waals surface area (Å²) in [5.74, 6) is -1.21. The highest BCUT2D eigenvalue weighted by Gasteiger charge is 2.28. The average molecular weight is 769 g/mol. The van der Waals surface area contributed by atoms with Gasteiger partial charge in [-0.05, 0) is 88.4 Å². The van der Waals surface area contributed by atoms with Gasteiger partial charge in [0.05, 0.1) is 0 Å². The van der Waals surface area contributed by atoms with Crippen molar-refractivity contribution in [2.45, 2.75) is 60.2 Å². The van der Waals surface area contributed by atoms with Crippen molar-refractivity contribution >= 4 is 73.4 Å². The third kappa shape index (κ3) is 10.7. The maximum absolute atomic E-state index is 12.2. The van der Waals surface area contributed by atoms with Gasteiger partial charge in [-0.2, -0.15) is 0 Å². The Morgan fingerprint density at radius 2 is 1.20 bits per heavy atom. The summed E-state index contributed by atoms with van der Waals surface area (Å²) in [6.45, 7) is 10.8. The number of carboxylic acids is 1. The minimum Gasteiger partial charge on any atom is -0.476 e. The zero-order valence-corrected chi connectivity index (χ0v) is 29.3. The SMILES string of the molecule is C.CN(C(=O)OC(C)(C)C)c1sc(-c2cccnc2)nc1C(=O)O.CN(C(=O)OC(C)(C)C)c1sc(-c2cccnc2)nc1I. The lowest BCUT2D eigenvalue weighted by molar-refractivity contribution is 0.0578. The molecule has 0 spiro atoms. The number of hydrogen-bond donors (Lipinski definition) is 1. The summed E-state index contributed by atoms with van der Waals surface area (Å²) in [4.78, 5) is 55.0.